The molecule has 0 amide bonds. The van der Waals surface area contributed by atoms with Crippen LogP contribution >= 0.6 is 12.2 Å². The third-order valence-electron chi connectivity index (χ3n) is 7.28. The Morgan fingerprint density at radius 3 is 1.37 bits per heavy atom. The average molecular weight is 630 g/mol. The summed E-state index contributed by atoms with van der Waals surface area (Å²) in [7, 11) is 0. The van der Waals surface area contributed by atoms with Gasteiger partial charge in [-0.05, 0) is 96.9 Å². The first-order valence-corrected chi connectivity index (χ1v) is 16.0. The summed E-state index contributed by atoms with van der Waals surface area (Å²) in [6.07, 6.45) is 9.16. The zero-order valence-electron chi connectivity index (χ0n) is 26.0. The Kier molecular flexibility index (Phi) is 13.0. The summed E-state index contributed by atoms with van der Waals surface area (Å²) in [6, 6.07) is 30.8. The molecular formula is C37H39N7OS. The average Bonchev–Trinajstić information content (AvgIpc) is 3.08. The minimum Gasteiger partial charge on any atom is -0.494 e. The minimum absolute atomic E-state index is 0.604. The van der Waals surface area contributed by atoms with Gasteiger partial charge in [0.2, 0.25) is 0 Å². The lowest BCUT2D eigenvalue weighted by atomic mass is 10.1. The van der Waals surface area contributed by atoms with Crippen LogP contribution < -0.4 is 4.74 Å². The van der Waals surface area contributed by atoms with E-state index in [0.29, 0.717) is 52.4 Å². The number of isothiocyanates is 1. The zero-order chi connectivity index (χ0) is 31.7. The molecule has 8 nitrogen and oxygen atoms in total. The summed E-state index contributed by atoms with van der Waals surface area (Å²) in [5, 5.41) is 2.44. The molecule has 0 bridgehead atoms. The number of benzene rings is 1. The highest BCUT2D eigenvalue weighted by Crippen LogP contribution is 2.23. The van der Waals surface area contributed by atoms with Gasteiger partial charge in [0.1, 0.15) is 5.75 Å². The van der Waals surface area contributed by atoms with Crippen LogP contribution in [0, 0.1) is 0 Å². The first-order valence-electron chi connectivity index (χ1n) is 15.6. The molecule has 1 aromatic carbocycles. The fraction of sp³-hybridized carbons (Fsp3) is 0.270. The molecule has 0 fully saturated rings. The molecule has 9 heteroatoms. The predicted molar refractivity (Wildman–Crippen MR) is 184 cm³/mol. The highest BCUT2D eigenvalue weighted by Gasteiger charge is 2.15. The molecule has 0 aliphatic carbocycles. The number of pyridine rings is 4. The van der Waals surface area contributed by atoms with Crippen LogP contribution in [0.1, 0.15) is 46.7 Å². The lowest BCUT2D eigenvalue weighted by Gasteiger charge is -2.25. The molecule has 0 saturated carbocycles. The molecule has 0 unspecified atom stereocenters. The van der Waals surface area contributed by atoms with Gasteiger partial charge in [0.05, 0.1) is 34.5 Å². The maximum Gasteiger partial charge on any atom is 0.119 e. The van der Waals surface area contributed by atoms with Gasteiger partial charge in [-0.3, -0.25) is 29.7 Å². The Morgan fingerprint density at radius 2 is 1.00 bits per heavy atom. The van der Waals surface area contributed by atoms with Crippen LogP contribution in [0.4, 0.5) is 0 Å². The molecule has 46 heavy (non-hydrogen) atoms. The second kappa shape index (κ2) is 18.3. The van der Waals surface area contributed by atoms with Crippen LogP contribution in [-0.2, 0) is 39.3 Å². The van der Waals surface area contributed by atoms with Gasteiger partial charge < -0.3 is 4.74 Å². The van der Waals surface area contributed by atoms with Crippen molar-refractivity contribution in [2.75, 3.05) is 13.2 Å². The van der Waals surface area contributed by atoms with Crippen molar-refractivity contribution in [2.45, 2.75) is 52.1 Å². The van der Waals surface area contributed by atoms with E-state index in [9.17, 15) is 0 Å². The van der Waals surface area contributed by atoms with Crippen LogP contribution in [0.5, 0.6) is 5.75 Å². The van der Waals surface area contributed by atoms with Crippen molar-refractivity contribution in [1.29, 1.82) is 0 Å². The van der Waals surface area contributed by atoms with Crippen molar-refractivity contribution in [1.82, 2.24) is 29.7 Å². The van der Waals surface area contributed by atoms with Crippen LogP contribution in [0.3, 0.4) is 0 Å². The lowest BCUT2D eigenvalue weighted by Crippen LogP contribution is -2.25. The molecule has 0 atom stereocenters. The highest BCUT2D eigenvalue weighted by atomic mass is 32.1. The van der Waals surface area contributed by atoms with E-state index in [0.717, 1.165) is 41.4 Å². The Morgan fingerprint density at radius 1 is 0.565 bits per heavy atom. The first kappa shape index (κ1) is 32.7. The van der Waals surface area contributed by atoms with Crippen LogP contribution in [-0.4, -0.2) is 48.0 Å². The van der Waals surface area contributed by atoms with E-state index in [1.807, 2.05) is 73.3 Å². The molecule has 5 aromatic rings. The van der Waals surface area contributed by atoms with E-state index in [-0.39, 0.29) is 0 Å². The molecule has 0 saturated heterocycles. The van der Waals surface area contributed by atoms with Crippen molar-refractivity contribution in [2.24, 2.45) is 4.99 Å². The number of rotatable bonds is 18. The number of aromatic nitrogens is 4. The van der Waals surface area contributed by atoms with Crippen molar-refractivity contribution in [3.05, 3.63) is 150 Å². The second-order valence-corrected chi connectivity index (χ2v) is 11.3. The quantitative estimate of drug-likeness (QED) is 0.0587. The van der Waals surface area contributed by atoms with Crippen molar-refractivity contribution in [3.63, 3.8) is 0 Å². The van der Waals surface area contributed by atoms with E-state index in [2.05, 4.69) is 82.4 Å². The van der Waals surface area contributed by atoms with Crippen LogP contribution in [0.2, 0.25) is 0 Å². The third kappa shape index (κ3) is 11.4. The SMILES string of the molecule is S=C=NCCCCOc1cc(CN(Cc2ccccn2)Cc2ccccn2)cc(CN(Cc2ccccn2)Cc2ccccn2)c1. The molecular weight excluding hydrogens is 591 g/mol. The molecule has 0 N–H and O–H groups in total. The Labute approximate surface area is 276 Å². The number of hydrogen-bond donors (Lipinski definition) is 0. The smallest absolute Gasteiger partial charge is 0.119 e. The number of hydrogen-bond acceptors (Lipinski definition) is 9. The lowest BCUT2D eigenvalue weighted by molar-refractivity contribution is 0.236. The highest BCUT2D eigenvalue weighted by molar-refractivity contribution is 7.78. The number of unbranched alkanes of at least 4 members (excludes halogenated alkanes) is 1. The summed E-state index contributed by atoms with van der Waals surface area (Å²) in [6.45, 7) is 5.49. The van der Waals surface area contributed by atoms with Gasteiger partial charge in [-0.15, -0.1) is 0 Å². The molecule has 4 aromatic heterocycles. The number of nitrogens with zero attached hydrogens (tertiary/aromatic N) is 7. The standard InChI is InChI=1S/C37H39N7OS/c46-30-38-15-9-10-20-45-37-22-31(24-43(26-33-11-1-5-16-39-33)27-34-12-2-6-17-40-34)21-32(23-37)25-44(28-35-13-3-7-18-41-35)29-36-14-4-8-19-42-36/h1-8,11-14,16-19,21-23H,9-10,15,20,24-29H2. The molecule has 0 radical (unpaired) electrons. The normalized spacial score (nSPS) is 11.0. The fourth-order valence-electron chi connectivity index (χ4n) is 5.26. The maximum absolute atomic E-state index is 6.33. The summed E-state index contributed by atoms with van der Waals surface area (Å²) in [4.78, 5) is 27.2. The Hall–Kier alpha value is -4.66. The van der Waals surface area contributed by atoms with E-state index < -0.39 is 0 Å². The Balaban J connectivity index is 1.40. The van der Waals surface area contributed by atoms with E-state index in [4.69, 9.17) is 17.0 Å². The third-order valence-corrected chi connectivity index (χ3v) is 7.41. The van der Waals surface area contributed by atoms with Crippen molar-refractivity contribution in [3.8, 4) is 5.75 Å². The Bertz CT molecular complexity index is 1450. The second-order valence-electron chi connectivity index (χ2n) is 11.1. The van der Waals surface area contributed by atoms with E-state index >= 15 is 0 Å². The summed E-state index contributed by atoms with van der Waals surface area (Å²) < 4.78 is 6.33. The monoisotopic (exact) mass is 629 g/mol. The summed E-state index contributed by atoms with van der Waals surface area (Å²) in [5.74, 6) is 0.858. The number of aliphatic imine (C=N–C) groups is 1. The van der Waals surface area contributed by atoms with Gasteiger partial charge in [0.15, 0.2) is 0 Å². The fourth-order valence-corrected chi connectivity index (χ4v) is 5.35. The van der Waals surface area contributed by atoms with Crippen molar-refractivity contribution < 1.29 is 4.74 Å². The van der Waals surface area contributed by atoms with Gasteiger partial charge >= 0.3 is 0 Å². The van der Waals surface area contributed by atoms with Crippen LogP contribution in [0.15, 0.2) is 121 Å². The van der Waals surface area contributed by atoms with Gasteiger partial charge in [0, 0.05) is 70.6 Å². The maximum atomic E-state index is 6.33. The van der Waals surface area contributed by atoms with Gasteiger partial charge in [-0.25, -0.2) is 4.99 Å². The molecule has 5 rings (SSSR count). The molecule has 0 aliphatic rings. The molecule has 234 valence electrons. The summed E-state index contributed by atoms with van der Waals surface area (Å²) in [5.41, 5.74) is 6.40. The summed E-state index contributed by atoms with van der Waals surface area (Å²) >= 11 is 4.70. The molecule has 0 spiro atoms. The van der Waals surface area contributed by atoms with Gasteiger partial charge in [0.25, 0.3) is 0 Å². The van der Waals surface area contributed by atoms with Gasteiger partial charge in [-0.1, -0.05) is 30.3 Å². The topological polar surface area (TPSA) is 79.6 Å². The molecule has 4 heterocycles. The minimum atomic E-state index is 0.604. The van der Waals surface area contributed by atoms with E-state index in [1.165, 1.54) is 11.1 Å². The number of thiocarbonyl (C=S) groups is 1. The molecule has 0 aliphatic heterocycles. The van der Waals surface area contributed by atoms with E-state index in [1.54, 1.807) is 0 Å². The van der Waals surface area contributed by atoms with Crippen LogP contribution in [0.25, 0.3) is 0 Å². The van der Waals surface area contributed by atoms with Gasteiger partial charge in [-0.2, -0.15) is 0 Å². The van der Waals surface area contributed by atoms with Crippen molar-refractivity contribution >= 4 is 17.4 Å². The largest absolute Gasteiger partial charge is 0.494 e. The predicted octanol–water partition coefficient (Wildman–Crippen LogP) is 6.93. The zero-order valence-corrected chi connectivity index (χ0v) is 26.8. The number of ether oxygens (including phenoxy) is 1. The first-order chi connectivity index (χ1) is 22.7.